The van der Waals surface area contributed by atoms with E-state index in [2.05, 4.69) is 16.4 Å². The Labute approximate surface area is 295 Å². The number of benzene rings is 3. The highest BCUT2D eigenvalue weighted by molar-refractivity contribution is 6.31. The van der Waals surface area contributed by atoms with E-state index in [0.29, 0.717) is 10.8 Å². The highest BCUT2D eigenvalue weighted by Crippen LogP contribution is 2.53. The second-order valence-electron chi connectivity index (χ2n) is 12.8. The minimum atomic E-state index is -1.78. The molecule has 0 spiro atoms. The van der Waals surface area contributed by atoms with Gasteiger partial charge in [-0.2, -0.15) is 0 Å². The zero-order valence-corrected chi connectivity index (χ0v) is 28.1. The average Bonchev–Trinajstić information content (AvgIpc) is 4.10. The van der Waals surface area contributed by atoms with E-state index in [4.69, 9.17) is 30.9 Å². The first-order chi connectivity index (χ1) is 24.2. The van der Waals surface area contributed by atoms with E-state index in [0.717, 1.165) is 59.3 Å². The van der Waals surface area contributed by atoms with Crippen molar-refractivity contribution in [3.05, 3.63) is 112 Å². The fourth-order valence-electron chi connectivity index (χ4n) is 5.68. The van der Waals surface area contributed by atoms with Gasteiger partial charge in [-0.25, -0.2) is 0 Å². The maximum atomic E-state index is 12.7. The Hall–Kier alpha value is -4.07. The minimum absolute atomic E-state index is 0.195. The molecule has 0 bridgehead atoms. The van der Waals surface area contributed by atoms with E-state index in [-0.39, 0.29) is 24.9 Å². The molecule has 4 aromatic rings. The van der Waals surface area contributed by atoms with Crippen molar-refractivity contribution < 1.29 is 44.5 Å². The normalized spacial score (nSPS) is 17.3. The number of pyridine rings is 1. The van der Waals surface area contributed by atoms with Crippen molar-refractivity contribution in [1.82, 2.24) is 10.3 Å². The summed E-state index contributed by atoms with van der Waals surface area (Å²) in [7, 11) is 0. The summed E-state index contributed by atoms with van der Waals surface area (Å²) in [5.74, 6) is 0.750. The number of aromatic nitrogens is 1. The first kappa shape index (κ1) is 35.7. The Bertz CT molecular complexity index is 1780. The Morgan fingerprint density at radius 3 is 2.46 bits per heavy atom. The van der Waals surface area contributed by atoms with Gasteiger partial charge in [0, 0.05) is 40.7 Å². The van der Waals surface area contributed by atoms with Crippen LogP contribution in [0.5, 0.6) is 11.5 Å². The molecule has 2 fully saturated rings. The van der Waals surface area contributed by atoms with Gasteiger partial charge in [0.05, 0.1) is 31.0 Å². The standard InChI is InChI=1S/C38H41ClN2O9/c39-31-11-8-23(21-48-27-5-3-4-24(17-27)37(47)41-19-32(43)35(45)36(46)33(44)20-42)16-25(31)22-49-38(13-14-38)30-18-40-15-12-28(30)29-6-1-2-7-34(29)50-26-9-10-26/h1-8,11-12,15-18,26,32-33,35-36,42-46H,9-10,13-14,19-22H2,(H,41,47). The topological polar surface area (TPSA) is 171 Å². The number of hydrogen-bond donors (Lipinski definition) is 6. The summed E-state index contributed by atoms with van der Waals surface area (Å²) in [4.78, 5) is 17.2. The summed E-state index contributed by atoms with van der Waals surface area (Å²) >= 11 is 6.61. The smallest absolute Gasteiger partial charge is 0.251 e. The molecule has 0 saturated heterocycles. The van der Waals surface area contributed by atoms with Crippen LogP contribution in [0.3, 0.4) is 0 Å². The third-order valence-corrected chi connectivity index (χ3v) is 9.29. The Morgan fingerprint density at radius 2 is 1.70 bits per heavy atom. The quantitative estimate of drug-likeness (QED) is 0.0948. The van der Waals surface area contributed by atoms with Gasteiger partial charge in [0.15, 0.2) is 0 Å². The lowest BCUT2D eigenvalue weighted by atomic mass is 9.96. The van der Waals surface area contributed by atoms with Crippen molar-refractivity contribution in [2.75, 3.05) is 13.2 Å². The van der Waals surface area contributed by atoms with Crippen LogP contribution in [0, 0.1) is 0 Å². The van der Waals surface area contributed by atoms with E-state index >= 15 is 0 Å². The van der Waals surface area contributed by atoms with Crippen molar-refractivity contribution in [2.45, 2.75) is 75.0 Å². The molecular formula is C38H41ClN2O9. The van der Waals surface area contributed by atoms with Crippen LogP contribution in [0.2, 0.25) is 5.02 Å². The van der Waals surface area contributed by atoms with Crippen molar-refractivity contribution >= 4 is 17.5 Å². The van der Waals surface area contributed by atoms with Gasteiger partial charge in [0.1, 0.15) is 36.4 Å². The Morgan fingerprint density at radius 1 is 0.920 bits per heavy atom. The maximum absolute atomic E-state index is 12.7. The van der Waals surface area contributed by atoms with Crippen LogP contribution < -0.4 is 14.8 Å². The van der Waals surface area contributed by atoms with Gasteiger partial charge in [0.2, 0.25) is 0 Å². The monoisotopic (exact) mass is 704 g/mol. The van der Waals surface area contributed by atoms with E-state index < -0.39 is 49.1 Å². The predicted octanol–water partition coefficient (Wildman–Crippen LogP) is 3.89. The fourth-order valence-corrected chi connectivity index (χ4v) is 5.85. The SMILES string of the molecule is O=C(NCC(O)C(O)C(O)C(O)CO)c1cccc(OCc2ccc(Cl)c(COC3(c4cnccc4-c4ccccc4OC4CC4)CC3)c2)c1. The first-order valence-electron chi connectivity index (χ1n) is 16.6. The third kappa shape index (κ3) is 8.62. The van der Waals surface area contributed by atoms with Crippen molar-refractivity contribution in [2.24, 2.45) is 0 Å². The number of aliphatic hydroxyl groups is 5. The van der Waals surface area contributed by atoms with E-state index in [1.54, 1.807) is 36.5 Å². The van der Waals surface area contributed by atoms with Gasteiger partial charge in [-0.05, 0) is 84.8 Å². The van der Waals surface area contributed by atoms with Gasteiger partial charge < -0.3 is 45.1 Å². The van der Waals surface area contributed by atoms with Crippen molar-refractivity contribution in [3.63, 3.8) is 0 Å². The number of para-hydroxylation sites is 1. The maximum Gasteiger partial charge on any atom is 0.251 e. The largest absolute Gasteiger partial charge is 0.490 e. The molecule has 2 saturated carbocycles. The van der Waals surface area contributed by atoms with Crippen LogP contribution in [-0.2, 0) is 23.6 Å². The molecule has 11 nitrogen and oxygen atoms in total. The Balaban J connectivity index is 1.07. The number of carbonyl (C=O) groups excluding carboxylic acids is 1. The third-order valence-electron chi connectivity index (χ3n) is 8.92. The van der Waals surface area contributed by atoms with Gasteiger partial charge >= 0.3 is 0 Å². The Kier molecular flexibility index (Phi) is 11.3. The second-order valence-corrected chi connectivity index (χ2v) is 13.2. The van der Waals surface area contributed by atoms with Crippen LogP contribution >= 0.6 is 11.6 Å². The molecule has 1 amide bonds. The lowest BCUT2D eigenvalue weighted by Crippen LogP contribution is -2.49. The molecule has 4 atom stereocenters. The summed E-state index contributed by atoms with van der Waals surface area (Å²) in [6.07, 6.45) is 1.04. The van der Waals surface area contributed by atoms with Gasteiger partial charge in [-0.15, -0.1) is 0 Å². The van der Waals surface area contributed by atoms with Crippen LogP contribution in [0.25, 0.3) is 11.1 Å². The molecule has 0 radical (unpaired) electrons. The molecule has 0 aliphatic heterocycles. The van der Waals surface area contributed by atoms with Gasteiger partial charge in [0.25, 0.3) is 5.91 Å². The van der Waals surface area contributed by atoms with E-state index in [9.17, 15) is 25.2 Å². The molecule has 4 unspecified atom stereocenters. The molecule has 12 heteroatoms. The minimum Gasteiger partial charge on any atom is -0.490 e. The van der Waals surface area contributed by atoms with Gasteiger partial charge in [-0.3, -0.25) is 9.78 Å². The average molecular weight is 705 g/mol. The zero-order valence-electron chi connectivity index (χ0n) is 27.3. The van der Waals surface area contributed by atoms with Crippen molar-refractivity contribution in [3.8, 4) is 22.6 Å². The fraction of sp³-hybridized carbons (Fsp3) is 0.368. The van der Waals surface area contributed by atoms with Crippen LogP contribution in [0.4, 0.5) is 0 Å². The number of carbonyl (C=O) groups is 1. The summed E-state index contributed by atoms with van der Waals surface area (Å²) in [6.45, 7) is -0.717. The highest BCUT2D eigenvalue weighted by atomic mass is 35.5. The molecule has 1 heterocycles. The predicted molar refractivity (Wildman–Crippen MR) is 185 cm³/mol. The number of hydrogen-bond acceptors (Lipinski definition) is 10. The number of rotatable bonds is 17. The number of amides is 1. The lowest BCUT2D eigenvalue weighted by molar-refractivity contribution is -0.113. The number of ether oxygens (including phenoxy) is 3. The molecule has 2 aliphatic rings. The van der Waals surface area contributed by atoms with Crippen molar-refractivity contribution in [1.29, 1.82) is 0 Å². The summed E-state index contributed by atoms with van der Waals surface area (Å²) in [5.41, 5.74) is 4.52. The van der Waals surface area contributed by atoms with E-state index in [1.165, 1.54) is 0 Å². The van der Waals surface area contributed by atoms with Gasteiger partial charge in [-0.1, -0.05) is 41.9 Å². The van der Waals surface area contributed by atoms with Crippen LogP contribution in [0.15, 0.2) is 85.2 Å². The molecule has 264 valence electrons. The first-order valence-corrected chi connectivity index (χ1v) is 17.0. The summed E-state index contributed by atoms with van der Waals surface area (Å²) < 4.78 is 18.8. The number of nitrogens with one attached hydrogen (secondary N) is 1. The van der Waals surface area contributed by atoms with E-state index in [1.807, 2.05) is 42.6 Å². The molecule has 1 aromatic heterocycles. The second kappa shape index (κ2) is 15.9. The molecule has 50 heavy (non-hydrogen) atoms. The van der Waals surface area contributed by atoms with Crippen LogP contribution in [-0.4, -0.2) is 80.1 Å². The molecule has 6 N–H and O–H groups in total. The zero-order chi connectivity index (χ0) is 35.3. The highest BCUT2D eigenvalue weighted by Gasteiger charge is 2.48. The molecular weight excluding hydrogens is 664 g/mol. The molecule has 6 rings (SSSR count). The molecule has 3 aromatic carbocycles. The number of nitrogens with zero attached hydrogens (tertiary/aromatic N) is 1. The number of aliphatic hydroxyl groups excluding tert-OH is 5. The summed E-state index contributed by atoms with van der Waals surface area (Å²) in [6, 6.07) is 22.2. The number of halogens is 1. The summed E-state index contributed by atoms with van der Waals surface area (Å²) in [5, 5.41) is 51.3. The van der Waals surface area contributed by atoms with Crippen LogP contribution in [0.1, 0.15) is 52.7 Å². The lowest BCUT2D eigenvalue weighted by Gasteiger charge is -2.25. The molecule has 2 aliphatic carbocycles.